The molecule has 7 heteroatoms. The maximum atomic E-state index is 13.3. The van der Waals surface area contributed by atoms with Crippen LogP contribution in [0.5, 0.6) is 0 Å². The van der Waals surface area contributed by atoms with Crippen molar-refractivity contribution in [2.75, 3.05) is 11.1 Å². The van der Waals surface area contributed by atoms with Crippen LogP contribution in [0.4, 0.5) is 5.69 Å². The topological polar surface area (TPSA) is 85.5 Å². The van der Waals surface area contributed by atoms with Gasteiger partial charge in [-0.2, -0.15) is 5.26 Å². The van der Waals surface area contributed by atoms with Crippen molar-refractivity contribution in [2.24, 2.45) is 16.8 Å². The standard InChI is InChI=1S/C21H23N3O2S2/c1-4-27-20-14(12-22)17(16-10-7-11-28-16)18(21(3,26)24-20)19(25)23-15-9-6-5-8-13(15)2/h5-11,14,17-18,26H,4H2,1-3H3,(H,23,25)/t14?,17-,18+,21+/m0/s1. The maximum Gasteiger partial charge on any atom is 0.233 e. The van der Waals surface area contributed by atoms with Crippen LogP contribution in [0.25, 0.3) is 0 Å². The van der Waals surface area contributed by atoms with Gasteiger partial charge in [0.1, 0.15) is 5.92 Å². The van der Waals surface area contributed by atoms with Crippen LogP contribution in [0.2, 0.25) is 0 Å². The minimum absolute atomic E-state index is 0.331. The van der Waals surface area contributed by atoms with E-state index in [2.05, 4.69) is 16.4 Å². The lowest BCUT2D eigenvalue weighted by molar-refractivity contribution is -0.130. The zero-order chi connectivity index (χ0) is 20.3. The summed E-state index contributed by atoms with van der Waals surface area (Å²) in [6.07, 6.45) is 0. The van der Waals surface area contributed by atoms with Gasteiger partial charge in [0.15, 0.2) is 5.72 Å². The Kier molecular flexibility index (Phi) is 6.23. The van der Waals surface area contributed by atoms with Gasteiger partial charge in [0.2, 0.25) is 5.91 Å². The van der Waals surface area contributed by atoms with Crippen LogP contribution in [-0.4, -0.2) is 27.5 Å². The molecule has 0 fully saturated rings. The van der Waals surface area contributed by atoms with E-state index in [9.17, 15) is 15.2 Å². The molecule has 0 saturated carbocycles. The Labute approximate surface area is 173 Å². The van der Waals surface area contributed by atoms with Gasteiger partial charge in [-0.3, -0.25) is 4.79 Å². The molecule has 146 valence electrons. The number of amides is 1. The van der Waals surface area contributed by atoms with E-state index in [1.807, 2.05) is 55.6 Å². The number of benzene rings is 1. The number of carbonyl (C=O) groups is 1. The van der Waals surface area contributed by atoms with Crippen molar-refractivity contribution >= 4 is 39.7 Å². The summed E-state index contributed by atoms with van der Waals surface area (Å²) in [4.78, 5) is 18.7. The number of aliphatic imine (C=N–C) groups is 1. The minimum Gasteiger partial charge on any atom is -0.369 e. The van der Waals surface area contributed by atoms with Crippen molar-refractivity contribution in [3.05, 3.63) is 52.2 Å². The molecular weight excluding hydrogens is 390 g/mol. The molecule has 2 aromatic rings. The van der Waals surface area contributed by atoms with E-state index in [-0.39, 0.29) is 5.91 Å². The number of rotatable bonds is 4. The Hall–Kier alpha value is -2.14. The third-order valence-electron chi connectivity index (χ3n) is 4.90. The van der Waals surface area contributed by atoms with Crippen molar-refractivity contribution in [3.63, 3.8) is 0 Å². The first-order valence-electron chi connectivity index (χ1n) is 9.13. The summed E-state index contributed by atoms with van der Waals surface area (Å²) in [5, 5.41) is 26.5. The number of anilines is 1. The summed E-state index contributed by atoms with van der Waals surface area (Å²) in [5.41, 5.74) is 0.0210. The third-order valence-corrected chi connectivity index (χ3v) is 6.80. The number of carbonyl (C=O) groups excluding carboxylic acids is 1. The van der Waals surface area contributed by atoms with Crippen LogP contribution in [0.3, 0.4) is 0 Å². The van der Waals surface area contributed by atoms with Gasteiger partial charge >= 0.3 is 0 Å². The van der Waals surface area contributed by atoms with E-state index >= 15 is 0 Å². The molecule has 28 heavy (non-hydrogen) atoms. The Bertz CT molecular complexity index is 916. The van der Waals surface area contributed by atoms with Crippen LogP contribution >= 0.6 is 23.1 Å². The molecule has 4 atom stereocenters. The van der Waals surface area contributed by atoms with E-state index in [1.165, 1.54) is 23.1 Å². The van der Waals surface area contributed by atoms with Gasteiger partial charge in [-0.05, 0) is 42.7 Å². The fourth-order valence-corrected chi connectivity index (χ4v) is 5.42. The molecule has 2 N–H and O–H groups in total. The highest BCUT2D eigenvalue weighted by Crippen LogP contribution is 2.47. The van der Waals surface area contributed by atoms with Gasteiger partial charge in [0.05, 0.1) is 17.0 Å². The first kappa shape index (κ1) is 20.6. The number of hydrogen-bond donors (Lipinski definition) is 2. The predicted molar refractivity (Wildman–Crippen MR) is 116 cm³/mol. The molecule has 0 aliphatic carbocycles. The molecule has 1 aromatic carbocycles. The number of para-hydroxylation sites is 1. The third kappa shape index (κ3) is 4.00. The number of nitriles is 1. The van der Waals surface area contributed by atoms with E-state index in [4.69, 9.17) is 0 Å². The van der Waals surface area contributed by atoms with Gasteiger partial charge < -0.3 is 10.4 Å². The lowest BCUT2D eigenvalue weighted by Gasteiger charge is -2.41. The molecule has 1 aliphatic heterocycles. The molecule has 1 unspecified atom stereocenters. The number of thiophene rings is 1. The first-order valence-corrected chi connectivity index (χ1v) is 11.0. The van der Waals surface area contributed by atoms with Crippen molar-refractivity contribution in [2.45, 2.75) is 32.4 Å². The number of thioether (sulfide) groups is 1. The molecule has 5 nitrogen and oxygen atoms in total. The summed E-state index contributed by atoms with van der Waals surface area (Å²) in [7, 11) is 0. The average molecular weight is 414 g/mol. The van der Waals surface area contributed by atoms with Gasteiger partial charge in [-0.1, -0.05) is 31.2 Å². The molecule has 0 radical (unpaired) electrons. The Morgan fingerprint density at radius 2 is 2.14 bits per heavy atom. The first-order chi connectivity index (χ1) is 13.4. The fraction of sp³-hybridized carbons (Fsp3) is 0.381. The second-order valence-corrected chi connectivity index (χ2v) is 9.17. The van der Waals surface area contributed by atoms with Crippen molar-refractivity contribution < 1.29 is 9.90 Å². The van der Waals surface area contributed by atoms with Crippen molar-refractivity contribution in [1.82, 2.24) is 0 Å². The average Bonchev–Trinajstić information content (AvgIpc) is 3.17. The second kappa shape index (κ2) is 8.48. The van der Waals surface area contributed by atoms with Crippen LogP contribution in [0.15, 0.2) is 46.8 Å². The summed E-state index contributed by atoms with van der Waals surface area (Å²) < 4.78 is 0. The van der Waals surface area contributed by atoms with Crippen molar-refractivity contribution in [1.29, 1.82) is 5.26 Å². The number of nitrogens with one attached hydrogen (secondary N) is 1. The van der Waals surface area contributed by atoms with Crippen LogP contribution in [0.1, 0.15) is 30.2 Å². The van der Waals surface area contributed by atoms with E-state index < -0.39 is 23.5 Å². The van der Waals surface area contributed by atoms with Crippen LogP contribution in [-0.2, 0) is 4.79 Å². The SMILES string of the molecule is CCSC1=N[C@](C)(O)[C@@H](C(=O)Nc2ccccc2C)[C@H](c2cccs2)C1C#N. The van der Waals surface area contributed by atoms with E-state index in [0.29, 0.717) is 10.7 Å². The predicted octanol–water partition coefficient (Wildman–Crippen LogP) is 4.41. The summed E-state index contributed by atoms with van der Waals surface area (Å²) in [6, 6.07) is 13.7. The Morgan fingerprint density at radius 1 is 1.39 bits per heavy atom. The van der Waals surface area contributed by atoms with Gasteiger partial charge in [0.25, 0.3) is 0 Å². The summed E-state index contributed by atoms with van der Waals surface area (Å²) in [6.45, 7) is 5.45. The molecule has 3 rings (SSSR count). The lowest BCUT2D eigenvalue weighted by Crippen LogP contribution is -2.51. The van der Waals surface area contributed by atoms with Gasteiger partial charge in [-0.25, -0.2) is 4.99 Å². The smallest absolute Gasteiger partial charge is 0.233 e. The maximum absolute atomic E-state index is 13.3. The highest BCUT2D eigenvalue weighted by Gasteiger charge is 2.52. The van der Waals surface area contributed by atoms with Crippen LogP contribution < -0.4 is 5.32 Å². The minimum atomic E-state index is -1.60. The lowest BCUT2D eigenvalue weighted by atomic mass is 9.73. The fourth-order valence-electron chi connectivity index (χ4n) is 3.60. The van der Waals surface area contributed by atoms with E-state index in [0.717, 1.165) is 16.2 Å². The monoisotopic (exact) mass is 413 g/mol. The molecule has 1 aliphatic rings. The van der Waals surface area contributed by atoms with Crippen LogP contribution in [0, 0.1) is 30.1 Å². The van der Waals surface area contributed by atoms with Gasteiger partial charge in [-0.15, -0.1) is 23.1 Å². The number of hydrogen-bond acceptors (Lipinski definition) is 6. The largest absolute Gasteiger partial charge is 0.369 e. The Morgan fingerprint density at radius 3 is 2.75 bits per heavy atom. The molecule has 1 aromatic heterocycles. The highest BCUT2D eigenvalue weighted by atomic mass is 32.2. The summed E-state index contributed by atoms with van der Waals surface area (Å²) >= 11 is 2.94. The zero-order valence-electron chi connectivity index (χ0n) is 16.0. The molecular formula is C21H23N3O2S2. The van der Waals surface area contributed by atoms with E-state index in [1.54, 1.807) is 6.92 Å². The molecule has 0 spiro atoms. The Balaban J connectivity index is 2.06. The van der Waals surface area contributed by atoms with Crippen molar-refractivity contribution in [3.8, 4) is 6.07 Å². The second-order valence-electron chi connectivity index (χ2n) is 6.91. The quantitative estimate of drug-likeness (QED) is 0.777. The normalized spacial score (nSPS) is 27.0. The number of aryl methyl sites for hydroxylation is 1. The number of nitrogens with zero attached hydrogens (tertiary/aromatic N) is 2. The molecule has 1 amide bonds. The molecule has 2 heterocycles. The zero-order valence-corrected chi connectivity index (χ0v) is 17.7. The highest BCUT2D eigenvalue weighted by molar-refractivity contribution is 8.14. The van der Waals surface area contributed by atoms with Gasteiger partial charge in [0, 0.05) is 16.5 Å². The number of aliphatic hydroxyl groups is 1. The molecule has 0 bridgehead atoms. The molecule has 0 saturated heterocycles. The summed E-state index contributed by atoms with van der Waals surface area (Å²) in [5.74, 6) is -1.50.